The number of rotatable bonds is 6. The average molecular weight is 298 g/mol. The Labute approximate surface area is 130 Å². The number of hydrogen-bond donors (Lipinski definition) is 4. The molecule has 1 aliphatic rings. The lowest BCUT2D eigenvalue weighted by Crippen LogP contribution is -2.31. The zero-order valence-corrected chi connectivity index (χ0v) is 12.8. The molecule has 1 fully saturated rings. The molecule has 1 aliphatic carbocycles. The zero-order valence-electron chi connectivity index (χ0n) is 12.8. The maximum absolute atomic E-state index is 5.80. The summed E-state index contributed by atoms with van der Waals surface area (Å²) in [6.45, 7) is 3.03. The number of benzene rings is 1. The van der Waals surface area contributed by atoms with Crippen molar-refractivity contribution in [1.82, 2.24) is 9.97 Å². The van der Waals surface area contributed by atoms with E-state index < -0.39 is 0 Å². The number of anilines is 3. The van der Waals surface area contributed by atoms with Crippen LogP contribution in [0.4, 0.5) is 17.5 Å². The van der Waals surface area contributed by atoms with E-state index in [1.165, 1.54) is 5.56 Å². The summed E-state index contributed by atoms with van der Waals surface area (Å²) in [4.78, 5) is 8.92. The van der Waals surface area contributed by atoms with Gasteiger partial charge in [0.15, 0.2) is 0 Å². The predicted molar refractivity (Wildman–Crippen MR) is 89.0 cm³/mol. The highest BCUT2D eigenvalue weighted by molar-refractivity contribution is 5.61. The monoisotopic (exact) mass is 298 g/mol. The SMILES string of the molecule is Cc1cccc(Nc2nc(NC3(CN)CC3)ncc2CN)c1. The van der Waals surface area contributed by atoms with Crippen LogP contribution >= 0.6 is 0 Å². The molecule has 1 aromatic heterocycles. The summed E-state index contributed by atoms with van der Waals surface area (Å²) < 4.78 is 0. The third-order valence-corrected chi connectivity index (χ3v) is 3.99. The molecule has 0 amide bonds. The first kappa shape index (κ1) is 14.7. The van der Waals surface area contributed by atoms with Crippen LogP contribution in [0.15, 0.2) is 30.5 Å². The summed E-state index contributed by atoms with van der Waals surface area (Å²) >= 11 is 0. The van der Waals surface area contributed by atoms with Crippen LogP contribution < -0.4 is 22.1 Å². The van der Waals surface area contributed by atoms with Crippen LogP contribution in [-0.4, -0.2) is 22.1 Å². The average Bonchev–Trinajstić information content (AvgIpc) is 3.28. The third kappa shape index (κ3) is 3.18. The second kappa shape index (κ2) is 5.90. The van der Waals surface area contributed by atoms with E-state index in [0.717, 1.165) is 29.9 Å². The molecule has 0 radical (unpaired) electrons. The quantitative estimate of drug-likeness (QED) is 0.649. The molecule has 6 N–H and O–H groups in total. The minimum absolute atomic E-state index is 0.0230. The number of nitrogens with two attached hydrogens (primary N) is 2. The van der Waals surface area contributed by atoms with Gasteiger partial charge >= 0.3 is 0 Å². The molecule has 1 heterocycles. The summed E-state index contributed by atoms with van der Waals surface area (Å²) in [6, 6.07) is 8.14. The van der Waals surface area contributed by atoms with Gasteiger partial charge in [0.25, 0.3) is 0 Å². The molecule has 2 aromatic rings. The largest absolute Gasteiger partial charge is 0.347 e. The first-order chi connectivity index (χ1) is 10.6. The fourth-order valence-corrected chi connectivity index (χ4v) is 2.35. The van der Waals surface area contributed by atoms with E-state index in [4.69, 9.17) is 11.5 Å². The lowest BCUT2D eigenvalue weighted by Gasteiger charge is -2.17. The molecular formula is C16H22N6. The number of hydrogen-bond acceptors (Lipinski definition) is 6. The van der Waals surface area contributed by atoms with E-state index in [9.17, 15) is 0 Å². The number of nitrogens with one attached hydrogen (secondary N) is 2. The van der Waals surface area contributed by atoms with Crippen molar-refractivity contribution in [2.24, 2.45) is 11.5 Å². The van der Waals surface area contributed by atoms with Crippen molar-refractivity contribution in [3.8, 4) is 0 Å². The Kier molecular flexibility index (Phi) is 3.96. The molecule has 0 unspecified atom stereocenters. The third-order valence-electron chi connectivity index (χ3n) is 3.99. The lowest BCUT2D eigenvalue weighted by atomic mass is 10.2. The van der Waals surface area contributed by atoms with Crippen molar-refractivity contribution in [3.63, 3.8) is 0 Å². The number of aryl methyl sites for hydroxylation is 1. The molecule has 6 nitrogen and oxygen atoms in total. The molecule has 0 spiro atoms. The Bertz CT molecular complexity index is 665. The first-order valence-corrected chi connectivity index (χ1v) is 7.52. The van der Waals surface area contributed by atoms with Crippen LogP contribution in [0.3, 0.4) is 0 Å². The van der Waals surface area contributed by atoms with Crippen molar-refractivity contribution in [3.05, 3.63) is 41.6 Å². The van der Waals surface area contributed by atoms with Crippen LogP contribution in [0.1, 0.15) is 24.0 Å². The summed E-state index contributed by atoms with van der Waals surface area (Å²) in [6.07, 6.45) is 3.89. The molecule has 6 heteroatoms. The summed E-state index contributed by atoms with van der Waals surface area (Å²) in [5, 5.41) is 6.67. The van der Waals surface area contributed by atoms with Crippen molar-refractivity contribution in [1.29, 1.82) is 0 Å². The predicted octanol–water partition coefficient (Wildman–Crippen LogP) is 1.89. The van der Waals surface area contributed by atoms with E-state index in [2.05, 4.69) is 39.7 Å². The molecule has 116 valence electrons. The second-order valence-corrected chi connectivity index (χ2v) is 5.88. The maximum Gasteiger partial charge on any atom is 0.225 e. The van der Waals surface area contributed by atoms with Gasteiger partial charge in [-0.15, -0.1) is 0 Å². The van der Waals surface area contributed by atoms with Crippen LogP contribution in [0.5, 0.6) is 0 Å². The fraction of sp³-hybridized carbons (Fsp3) is 0.375. The van der Waals surface area contributed by atoms with Gasteiger partial charge in [-0.1, -0.05) is 12.1 Å². The Morgan fingerprint density at radius 3 is 2.73 bits per heavy atom. The zero-order chi connectivity index (χ0) is 15.6. The molecule has 0 atom stereocenters. The van der Waals surface area contributed by atoms with Crippen LogP contribution in [0.25, 0.3) is 0 Å². The summed E-state index contributed by atoms with van der Waals surface area (Å²) in [5.41, 5.74) is 14.6. The lowest BCUT2D eigenvalue weighted by molar-refractivity contribution is 0.730. The highest BCUT2D eigenvalue weighted by atomic mass is 15.2. The van der Waals surface area contributed by atoms with Gasteiger partial charge in [-0.2, -0.15) is 4.98 Å². The summed E-state index contributed by atoms with van der Waals surface area (Å²) in [7, 11) is 0. The van der Waals surface area contributed by atoms with Crippen molar-refractivity contribution < 1.29 is 0 Å². The van der Waals surface area contributed by atoms with E-state index in [1.807, 2.05) is 12.1 Å². The van der Waals surface area contributed by atoms with Crippen LogP contribution in [-0.2, 0) is 6.54 Å². The Morgan fingerprint density at radius 2 is 2.09 bits per heavy atom. The molecule has 22 heavy (non-hydrogen) atoms. The van der Waals surface area contributed by atoms with E-state index >= 15 is 0 Å². The van der Waals surface area contributed by atoms with Gasteiger partial charge in [0.05, 0.1) is 5.54 Å². The molecule has 1 aromatic carbocycles. The molecule has 0 saturated heterocycles. The van der Waals surface area contributed by atoms with Gasteiger partial charge in [-0.3, -0.25) is 0 Å². The highest BCUT2D eigenvalue weighted by Gasteiger charge is 2.41. The smallest absolute Gasteiger partial charge is 0.225 e. The van der Waals surface area contributed by atoms with Gasteiger partial charge in [0, 0.05) is 30.5 Å². The van der Waals surface area contributed by atoms with Gasteiger partial charge < -0.3 is 22.1 Å². The minimum atomic E-state index is -0.0230. The Balaban J connectivity index is 1.84. The van der Waals surface area contributed by atoms with Crippen LogP contribution in [0.2, 0.25) is 0 Å². The number of aromatic nitrogens is 2. The number of nitrogens with zero attached hydrogens (tertiary/aromatic N) is 2. The van der Waals surface area contributed by atoms with Gasteiger partial charge in [0.2, 0.25) is 5.95 Å². The van der Waals surface area contributed by atoms with Gasteiger partial charge in [0.1, 0.15) is 5.82 Å². The van der Waals surface area contributed by atoms with Crippen molar-refractivity contribution in [2.75, 3.05) is 17.2 Å². The van der Waals surface area contributed by atoms with Gasteiger partial charge in [-0.05, 0) is 37.5 Å². The Morgan fingerprint density at radius 1 is 1.27 bits per heavy atom. The molecule has 3 rings (SSSR count). The molecule has 0 aliphatic heterocycles. The van der Waals surface area contributed by atoms with Crippen molar-refractivity contribution in [2.45, 2.75) is 31.8 Å². The van der Waals surface area contributed by atoms with Crippen molar-refractivity contribution >= 4 is 17.5 Å². The molecule has 1 saturated carbocycles. The topological polar surface area (TPSA) is 102 Å². The first-order valence-electron chi connectivity index (χ1n) is 7.52. The van der Waals surface area contributed by atoms with Gasteiger partial charge in [-0.25, -0.2) is 4.98 Å². The minimum Gasteiger partial charge on any atom is -0.347 e. The normalized spacial score (nSPS) is 15.4. The maximum atomic E-state index is 5.80. The molecular weight excluding hydrogens is 276 g/mol. The van der Waals surface area contributed by atoms with Crippen LogP contribution in [0, 0.1) is 6.92 Å². The summed E-state index contributed by atoms with van der Waals surface area (Å²) in [5.74, 6) is 1.33. The highest BCUT2D eigenvalue weighted by Crippen LogP contribution is 2.37. The fourth-order valence-electron chi connectivity index (χ4n) is 2.35. The second-order valence-electron chi connectivity index (χ2n) is 5.88. The molecule has 0 bridgehead atoms. The van der Waals surface area contributed by atoms with E-state index in [-0.39, 0.29) is 5.54 Å². The van der Waals surface area contributed by atoms with E-state index in [1.54, 1.807) is 6.20 Å². The standard InChI is InChI=1S/C16H22N6/c1-11-3-2-4-13(7-11)20-14-12(8-17)9-19-15(21-14)22-16(10-18)5-6-16/h2-4,7,9H,5-6,8,10,17-18H2,1H3,(H2,19,20,21,22). The van der Waals surface area contributed by atoms with E-state index in [0.29, 0.717) is 19.0 Å². The Hall–Kier alpha value is -2.18.